The van der Waals surface area contributed by atoms with Crippen LogP contribution >= 0.6 is 45.2 Å². The van der Waals surface area contributed by atoms with Crippen LogP contribution in [0.15, 0.2) is 30.5 Å². The lowest BCUT2D eigenvalue weighted by atomic mass is 10.0. The van der Waals surface area contributed by atoms with Gasteiger partial charge < -0.3 is 40.2 Å². The summed E-state index contributed by atoms with van der Waals surface area (Å²) in [6.07, 6.45) is 3.47. The molecule has 41 heavy (non-hydrogen) atoms. The molecule has 0 bridgehead atoms. The number of hydrogen-bond donors (Lipinski definition) is 3. The van der Waals surface area contributed by atoms with Gasteiger partial charge >= 0.3 is 0 Å². The van der Waals surface area contributed by atoms with Gasteiger partial charge in [-0.1, -0.05) is 0 Å². The van der Waals surface area contributed by atoms with Gasteiger partial charge in [-0.2, -0.15) is 4.39 Å². The smallest absolute Gasteiger partial charge is 0.213 e. The van der Waals surface area contributed by atoms with Gasteiger partial charge in [0, 0.05) is 64.3 Å². The second-order valence-electron chi connectivity index (χ2n) is 10.7. The van der Waals surface area contributed by atoms with E-state index in [-0.39, 0.29) is 11.1 Å². The number of pyridine rings is 2. The fraction of sp³-hybridized carbons (Fsp3) is 0.643. The Balaban J connectivity index is 0.000000179. The monoisotopic (exact) mass is 800 g/mol. The maximum Gasteiger partial charge on any atom is 0.213 e. The average molecular weight is 800 g/mol. The molecule has 0 amide bonds. The van der Waals surface area contributed by atoms with Crippen LogP contribution in [-0.2, 0) is 18.9 Å². The van der Waals surface area contributed by atoms with Gasteiger partial charge in [-0.05, 0) is 90.1 Å². The molecule has 4 N–H and O–H groups in total. The van der Waals surface area contributed by atoms with Gasteiger partial charge in [0.1, 0.15) is 11.6 Å². The highest BCUT2D eigenvalue weighted by atomic mass is 127. The molecule has 2 aromatic heterocycles. The van der Waals surface area contributed by atoms with E-state index < -0.39 is 5.95 Å². The minimum Gasteiger partial charge on any atom is -0.379 e. The number of rotatable bonds is 3. The van der Waals surface area contributed by atoms with Crippen LogP contribution in [0, 0.1) is 13.1 Å². The first-order valence-electron chi connectivity index (χ1n) is 13.9. The summed E-state index contributed by atoms with van der Waals surface area (Å²) < 4.78 is 35.1. The Bertz CT molecular complexity index is 1000. The van der Waals surface area contributed by atoms with Gasteiger partial charge in [-0.25, -0.2) is 9.97 Å². The number of morpholine rings is 2. The number of halogens is 3. The van der Waals surface area contributed by atoms with Gasteiger partial charge in [-0.15, -0.1) is 0 Å². The number of anilines is 2. The lowest BCUT2D eigenvalue weighted by molar-refractivity contribution is 0.109. The Morgan fingerprint density at radius 3 is 2.05 bits per heavy atom. The lowest BCUT2D eigenvalue weighted by Gasteiger charge is -2.29. The van der Waals surface area contributed by atoms with Gasteiger partial charge in [0.05, 0.1) is 45.2 Å². The summed E-state index contributed by atoms with van der Waals surface area (Å²) in [5.74, 6) is 1.55. The van der Waals surface area contributed by atoms with Crippen LogP contribution in [-0.4, -0.2) is 100 Å². The van der Waals surface area contributed by atoms with E-state index in [1.165, 1.54) is 15.8 Å². The maximum atomic E-state index is 12.1. The molecular formula is C28H43FI2N6O4. The van der Waals surface area contributed by atoms with Crippen LogP contribution in [0.3, 0.4) is 0 Å². The van der Waals surface area contributed by atoms with Crippen LogP contribution in [0.2, 0.25) is 0 Å². The molecule has 2 aromatic rings. The summed E-state index contributed by atoms with van der Waals surface area (Å²) >= 11 is 4.37. The van der Waals surface area contributed by atoms with Crippen molar-refractivity contribution < 1.29 is 23.3 Å². The Kier molecular flexibility index (Phi) is 15.2. The van der Waals surface area contributed by atoms with E-state index in [0.29, 0.717) is 0 Å². The zero-order chi connectivity index (χ0) is 29.6. The van der Waals surface area contributed by atoms with Crippen molar-refractivity contribution in [1.29, 1.82) is 0 Å². The SMILES string of the molecule is C1COCCN1.CC1(N)CCOC1.CC1(Nc2cc(I)cc(N3CCOCC3)n2)CCOC1.Fc1cc(I)ccn1. The van der Waals surface area contributed by atoms with E-state index >= 15 is 0 Å². The minimum atomic E-state index is -0.420. The summed E-state index contributed by atoms with van der Waals surface area (Å²) in [4.78, 5) is 10.4. The van der Waals surface area contributed by atoms with E-state index in [1.807, 2.05) is 29.5 Å². The van der Waals surface area contributed by atoms with E-state index in [9.17, 15) is 4.39 Å². The molecule has 4 fully saturated rings. The number of ether oxygens (including phenoxy) is 4. The third-order valence-corrected chi connectivity index (χ3v) is 7.84. The van der Waals surface area contributed by atoms with Crippen molar-refractivity contribution in [2.45, 2.75) is 37.8 Å². The highest BCUT2D eigenvalue weighted by Crippen LogP contribution is 2.26. The predicted octanol–water partition coefficient (Wildman–Crippen LogP) is 3.67. The quantitative estimate of drug-likeness (QED) is 0.314. The third kappa shape index (κ3) is 13.9. The van der Waals surface area contributed by atoms with E-state index in [1.54, 1.807) is 6.07 Å². The maximum absolute atomic E-state index is 12.1. The molecule has 4 aliphatic heterocycles. The molecule has 10 nitrogen and oxygen atoms in total. The van der Waals surface area contributed by atoms with E-state index in [2.05, 4.69) is 62.2 Å². The number of aromatic nitrogens is 2. The third-order valence-electron chi connectivity index (χ3n) is 6.54. The van der Waals surface area contributed by atoms with Crippen LogP contribution in [0.5, 0.6) is 0 Å². The van der Waals surface area contributed by atoms with E-state index in [0.717, 1.165) is 107 Å². The van der Waals surface area contributed by atoms with Gasteiger partial charge in [-0.3, -0.25) is 0 Å². The van der Waals surface area contributed by atoms with Crippen LogP contribution in [0.1, 0.15) is 26.7 Å². The molecule has 2 atom stereocenters. The molecule has 230 valence electrons. The number of nitrogens with two attached hydrogens (primary N) is 1. The summed E-state index contributed by atoms with van der Waals surface area (Å²) in [7, 11) is 0. The van der Waals surface area contributed by atoms with Crippen molar-refractivity contribution in [3.05, 3.63) is 43.6 Å². The molecule has 13 heteroatoms. The largest absolute Gasteiger partial charge is 0.379 e. The van der Waals surface area contributed by atoms with Crippen LogP contribution < -0.4 is 21.3 Å². The summed E-state index contributed by atoms with van der Waals surface area (Å²) in [5.41, 5.74) is 5.62. The first-order valence-corrected chi connectivity index (χ1v) is 16.1. The van der Waals surface area contributed by atoms with Crippen molar-refractivity contribution in [3.63, 3.8) is 0 Å². The molecule has 4 aliphatic rings. The van der Waals surface area contributed by atoms with Gasteiger partial charge in [0.2, 0.25) is 5.95 Å². The molecule has 2 unspecified atom stereocenters. The molecule has 0 radical (unpaired) electrons. The first-order chi connectivity index (χ1) is 19.6. The van der Waals surface area contributed by atoms with Crippen molar-refractivity contribution in [2.75, 3.05) is 89.3 Å². The van der Waals surface area contributed by atoms with E-state index in [4.69, 9.17) is 29.7 Å². The molecule has 6 rings (SSSR count). The zero-order valence-electron chi connectivity index (χ0n) is 24.0. The molecular weight excluding hydrogens is 757 g/mol. The molecule has 6 heterocycles. The Labute approximate surface area is 270 Å². The standard InChI is InChI=1S/C14H20IN3O2.C5H3FIN.C5H11NO.C4H9NO/c1-14(2-5-20-10-14)17-12-8-11(15)9-13(16-12)18-3-6-19-7-4-18;6-5-3-4(7)1-2-8-5;1-5(6)2-3-7-4-5;1-3-6-4-2-5-1/h8-9H,2-7,10H2,1H3,(H,16,17);1-3H;2-4,6H2,1H3;5H,1-4H2. The first kappa shape index (κ1) is 34.5. The topological polar surface area (TPSA) is 116 Å². The molecule has 0 aromatic carbocycles. The zero-order valence-corrected chi connectivity index (χ0v) is 28.3. The fourth-order valence-corrected chi connectivity index (χ4v) is 5.15. The van der Waals surface area contributed by atoms with Gasteiger partial charge in [0.15, 0.2) is 0 Å². The Hall–Kier alpha value is -0.950. The van der Waals surface area contributed by atoms with Crippen molar-refractivity contribution >= 4 is 56.8 Å². The number of nitrogens with one attached hydrogen (secondary N) is 2. The van der Waals surface area contributed by atoms with Crippen molar-refractivity contribution in [3.8, 4) is 0 Å². The van der Waals surface area contributed by atoms with Crippen molar-refractivity contribution in [2.24, 2.45) is 5.73 Å². The molecule has 4 saturated heterocycles. The number of nitrogens with zero attached hydrogens (tertiary/aromatic N) is 3. The normalized spacial score (nSPS) is 25.6. The van der Waals surface area contributed by atoms with Crippen LogP contribution in [0.4, 0.5) is 16.0 Å². The molecule has 0 saturated carbocycles. The molecule has 0 spiro atoms. The lowest BCUT2D eigenvalue weighted by Crippen LogP contribution is -2.38. The minimum absolute atomic E-state index is 0.000285. The second kappa shape index (κ2) is 18.0. The summed E-state index contributed by atoms with van der Waals surface area (Å²) in [6, 6.07) is 7.34. The van der Waals surface area contributed by atoms with Crippen molar-refractivity contribution in [1.82, 2.24) is 15.3 Å². The molecule has 0 aliphatic carbocycles. The highest BCUT2D eigenvalue weighted by molar-refractivity contribution is 14.1. The average Bonchev–Trinajstić information content (AvgIpc) is 3.57. The number of hydrogen-bond acceptors (Lipinski definition) is 10. The summed E-state index contributed by atoms with van der Waals surface area (Å²) in [6.45, 7) is 14.6. The van der Waals surface area contributed by atoms with Gasteiger partial charge in [0.25, 0.3) is 0 Å². The predicted molar refractivity (Wildman–Crippen MR) is 176 cm³/mol. The fourth-order valence-electron chi connectivity index (χ4n) is 4.15. The Morgan fingerprint density at radius 2 is 1.59 bits per heavy atom. The summed E-state index contributed by atoms with van der Waals surface area (Å²) in [5, 5.41) is 6.70. The second-order valence-corrected chi connectivity index (χ2v) is 13.2. The Morgan fingerprint density at radius 1 is 0.902 bits per heavy atom. The highest BCUT2D eigenvalue weighted by Gasteiger charge is 2.30. The van der Waals surface area contributed by atoms with Crippen LogP contribution in [0.25, 0.3) is 0 Å².